The molecule has 144 valence electrons. The summed E-state index contributed by atoms with van der Waals surface area (Å²) in [5.41, 5.74) is 0.799. The van der Waals surface area contributed by atoms with Crippen LogP contribution in [0, 0.1) is 0 Å². The predicted molar refractivity (Wildman–Crippen MR) is 110 cm³/mol. The molecule has 1 aromatic carbocycles. The van der Waals surface area contributed by atoms with Crippen LogP contribution in [-0.2, 0) is 4.79 Å². The summed E-state index contributed by atoms with van der Waals surface area (Å²) in [5.74, 6) is 1.58. The lowest BCUT2D eigenvalue weighted by molar-refractivity contribution is -0.115. The predicted octanol–water partition coefficient (Wildman–Crippen LogP) is 3.34. The molecule has 0 saturated carbocycles. The summed E-state index contributed by atoms with van der Waals surface area (Å²) < 4.78 is 5.54. The van der Waals surface area contributed by atoms with Crippen LogP contribution in [0.3, 0.4) is 0 Å². The second-order valence-electron chi connectivity index (χ2n) is 6.50. The van der Waals surface area contributed by atoms with Crippen LogP contribution in [0.2, 0.25) is 0 Å². The van der Waals surface area contributed by atoms with Crippen molar-refractivity contribution in [2.45, 2.75) is 23.1 Å². The van der Waals surface area contributed by atoms with Gasteiger partial charge < -0.3 is 19.9 Å². The van der Waals surface area contributed by atoms with Crippen molar-refractivity contribution in [2.24, 2.45) is 0 Å². The molecule has 0 aliphatic carbocycles. The molecule has 1 aliphatic rings. The Morgan fingerprint density at radius 2 is 2.00 bits per heavy atom. The first-order chi connectivity index (χ1) is 13.1. The molecule has 6 nitrogen and oxygen atoms in total. The number of piperazine rings is 1. The van der Waals surface area contributed by atoms with Gasteiger partial charge in [0.1, 0.15) is 5.82 Å². The smallest absolute Gasteiger partial charge is 0.229 e. The maximum absolute atomic E-state index is 11.6. The Bertz CT molecular complexity index is 791. The van der Waals surface area contributed by atoms with Gasteiger partial charge in [0.25, 0.3) is 0 Å². The number of benzene rings is 1. The molecule has 3 rings (SSSR count). The minimum absolute atomic E-state index is 0.00734. The lowest BCUT2D eigenvalue weighted by atomic mass is 10.3. The van der Waals surface area contributed by atoms with Crippen molar-refractivity contribution in [3.05, 3.63) is 36.4 Å². The molecule has 0 bridgehead atoms. The number of anilines is 2. The molecule has 0 unspecified atom stereocenters. The minimum Gasteiger partial charge on any atom is -0.480 e. The number of pyridine rings is 1. The van der Waals surface area contributed by atoms with Crippen LogP contribution in [0.4, 0.5) is 11.5 Å². The number of aromatic nitrogens is 1. The average Bonchev–Trinajstić information content (AvgIpc) is 2.69. The van der Waals surface area contributed by atoms with Crippen LogP contribution in [0.15, 0.2) is 46.2 Å². The van der Waals surface area contributed by atoms with Gasteiger partial charge in [0.15, 0.2) is 0 Å². The van der Waals surface area contributed by atoms with Gasteiger partial charge in [-0.15, -0.1) is 0 Å². The molecule has 1 fully saturated rings. The van der Waals surface area contributed by atoms with Gasteiger partial charge in [-0.2, -0.15) is 4.98 Å². The second-order valence-corrected chi connectivity index (χ2v) is 7.61. The van der Waals surface area contributed by atoms with Crippen molar-refractivity contribution in [3.8, 4) is 5.88 Å². The molecule has 1 saturated heterocycles. The Kier molecular flexibility index (Phi) is 6.58. The van der Waals surface area contributed by atoms with E-state index in [9.17, 15) is 4.79 Å². The molecule has 0 radical (unpaired) electrons. The number of hydrogen-bond donors (Lipinski definition) is 1. The standard InChI is InChI=1S/C20H26N4O2S/c1-4-19(25)21-15-6-5-7-16(14-15)27-17-8-9-18(22-20(17)26-3)24-12-10-23(2)11-13-24/h5-9,14H,4,10-13H2,1-3H3,(H,21,25). The van der Waals surface area contributed by atoms with Gasteiger partial charge in [-0.25, -0.2) is 0 Å². The van der Waals surface area contributed by atoms with Crippen LogP contribution >= 0.6 is 11.8 Å². The number of nitrogens with zero attached hydrogens (tertiary/aromatic N) is 3. The third kappa shape index (κ3) is 5.14. The zero-order valence-electron chi connectivity index (χ0n) is 16.1. The third-order valence-electron chi connectivity index (χ3n) is 4.50. The summed E-state index contributed by atoms with van der Waals surface area (Å²) in [6.45, 7) is 5.86. The Morgan fingerprint density at radius 1 is 1.22 bits per heavy atom. The number of hydrogen-bond acceptors (Lipinski definition) is 6. The Labute approximate surface area is 164 Å². The number of carbonyl (C=O) groups is 1. The zero-order chi connectivity index (χ0) is 19.2. The van der Waals surface area contributed by atoms with Crippen molar-refractivity contribution in [2.75, 3.05) is 50.6 Å². The Hall–Kier alpha value is -2.25. The highest BCUT2D eigenvalue weighted by Gasteiger charge is 2.17. The molecule has 0 atom stereocenters. The summed E-state index contributed by atoms with van der Waals surface area (Å²) in [4.78, 5) is 22.9. The number of amides is 1. The summed E-state index contributed by atoms with van der Waals surface area (Å²) in [6, 6.07) is 11.9. The van der Waals surface area contributed by atoms with E-state index in [4.69, 9.17) is 9.72 Å². The topological polar surface area (TPSA) is 57.7 Å². The maximum Gasteiger partial charge on any atom is 0.229 e. The average molecular weight is 387 g/mol. The third-order valence-corrected chi connectivity index (χ3v) is 5.52. The molecule has 1 N–H and O–H groups in total. The van der Waals surface area contributed by atoms with E-state index >= 15 is 0 Å². The van der Waals surface area contributed by atoms with Crippen molar-refractivity contribution >= 4 is 29.2 Å². The van der Waals surface area contributed by atoms with E-state index in [1.807, 2.05) is 31.2 Å². The highest BCUT2D eigenvalue weighted by molar-refractivity contribution is 7.99. The fourth-order valence-corrected chi connectivity index (χ4v) is 3.81. The Morgan fingerprint density at radius 3 is 2.70 bits per heavy atom. The summed E-state index contributed by atoms with van der Waals surface area (Å²) in [6.07, 6.45) is 0.461. The van der Waals surface area contributed by atoms with E-state index < -0.39 is 0 Å². The van der Waals surface area contributed by atoms with Gasteiger partial charge in [0, 0.05) is 43.2 Å². The van der Waals surface area contributed by atoms with Gasteiger partial charge in [0.2, 0.25) is 11.8 Å². The van der Waals surface area contributed by atoms with Crippen LogP contribution in [-0.4, -0.2) is 56.1 Å². The molecule has 2 heterocycles. The monoisotopic (exact) mass is 386 g/mol. The number of carbonyl (C=O) groups excluding carboxylic acids is 1. The van der Waals surface area contributed by atoms with Gasteiger partial charge in [-0.05, 0) is 37.4 Å². The zero-order valence-corrected chi connectivity index (χ0v) is 16.9. The molecule has 0 spiro atoms. The molecule has 27 heavy (non-hydrogen) atoms. The lowest BCUT2D eigenvalue weighted by Crippen LogP contribution is -2.44. The normalized spacial score (nSPS) is 14.9. The number of ether oxygens (including phenoxy) is 1. The number of likely N-dealkylation sites (N-methyl/N-ethyl adjacent to an activating group) is 1. The van der Waals surface area contributed by atoms with Crippen LogP contribution in [0.25, 0.3) is 0 Å². The molecule has 2 aromatic rings. The van der Waals surface area contributed by atoms with E-state index in [-0.39, 0.29) is 5.91 Å². The van der Waals surface area contributed by atoms with E-state index in [0.717, 1.165) is 47.5 Å². The molecule has 1 aliphatic heterocycles. The fraction of sp³-hybridized carbons (Fsp3) is 0.400. The molecule has 7 heteroatoms. The van der Waals surface area contributed by atoms with Crippen molar-refractivity contribution in [1.29, 1.82) is 0 Å². The fourth-order valence-electron chi connectivity index (χ4n) is 2.87. The summed E-state index contributed by atoms with van der Waals surface area (Å²) >= 11 is 1.58. The van der Waals surface area contributed by atoms with Crippen molar-refractivity contribution in [3.63, 3.8) is 0 Å². The first kappa shape index (κ1) is 19.5. The quantitative estimate of drug-likeness (QED) is 0.822. The van der Waals surface area contributed by atoms with Gasteiger partial charge in [-0.3, -0.25) is 4.79 Å². The molecular formula is C20H26N4O2S. The lowest BCUT2D eigenvalue weighted by Gasteiger charge is -2.33. The van der Waals surface area contributed by atoms with Crippen molar-refractivity contribution < 1.29 is 9.53 Å². The van der Waals surface area contributed by atoms with E-state index in [1.165, 1.54) is 0 Å². The molecule has 1 amide bonds. The minimum atomic E-state index is 0.00734. The van der Waals surface area contributed by atoms with Crippen LogP contribution in [0.5, 0.6) is 5.88 Å². The molecular weight excluding hydrogens is 360 g/mol. The van der Waals surface area contributed by atoms with E-state index in [1.54, 1.807) is 18.9 Å². The van der Waals surface area contributed by atoms with Crippen LogP contribution < -0.4 is 15.0 Å². The van der Waals surface area contributed by atoms with Gasteiger partial charge in [0.05, 0.1) is 12.0 Å². The number of rotatable bonds is 6. The summed E-state index contributed by atoms with van der Waals surface area (Å²) in [7, 11) is 3.79. The van der Waals surface area contributed by atoms with E-state index in [2.05, 4.69) is 34.3 Å². The SMILES string of the molecule is CCC(=O)Nc1cccc(Sc2ccc(N3CCN(C)CC3)nc2OC)c1. The number of methoxy groups -OCH3 is 1. The largest absolute Gasteiger partial charge is 0.480 e. The van der Waals surface area contributed by atoms with E-state index in [0.29, 0.717) is 12.3 Å². The second kappa shape index (κ2) is 9.10. The first-order valence-corrected chi connectivity index (χ1v) is 9.97. The number of nitrogens with one attached hydrogen (secondary N) is 1. The highest BCUT2D eigenvalue weighted by Crippen LogP contribution is 2.36. The molecule has 1 aromatic heterocycles. The first-order valence-electron chi connectivity index (χ1n) is 9.15. The maximum atomic E-state index is 11.6. The van der Waals surface area contributed by atoms with Gasteiger partial charge in [-0.1, -0.05) is 24.8 Å². The van der Waals surface area contributed by atoms with Crippen LogP contribution in [0.1, 0.15) is 13.3 Å². The van der Waals surface area contributed by atoms with Gasteiger partial charge >= 0.3 is 0 Å². The highest BCUT2D eigenvalue weighted by atomic mass is 32.2. The van der Waals surface area contributed by atoms with Crippen molar-refractivity contribution in [1.82, 2.24) is 9.88 Å². The Balaban J connectivity index is 1.75. The summed E-state index contributed by atoms with van der Waals surface area (Å²) in [5, 5.41) is 2.89.